The number of thiazole rings is 1. The number of aromatic nitrogens is 4. The first-order chi connectivity index (χ1) is 13.5. The van der Waals surface area contributed by atoms with Gasteiger partial charge in [0.15, 0.2) is 5.65 Å². The summed E-state index contributed by atoms with van der Waals surface area (Å²) < 4.78 is 3.17. The molecule has 0 unspecified atom stereocenters. The van der Waals surface area contributed by atoms with Gasteiger partial charge in [0.1, 0.15) is 16.3 Å². The molecule has 138 valence electrons. The molecule has 3 aromatic heterocycles. The van der Waals surface area contributed by atoms with Crippen molar-refractivity contribution in [3.05, 3.63) is 65.1 Å². The molecule has 0 bridgehead atoms. The SMILES string of the molecule is Cc1cc(-c2ccc(Cl)cc2)c2sc(-c3cnc4c(c3)nc(C)n4C)nc2c1. The summed E-state index contributed by atoms with van der Waals surface area (Å²) >= 11 is 7.75. The second kappa shape index (κ2) is 6.40. The maximum atomic E-state index is 6.07. The minimum Gasteiger partial charge on any atom is -0.316 e. The molecule has 28 heavy (non-hydrogen) atoms. The molecule has 0 atom stereocenters. The van der Waals surface area contributed by atoms with Crippen molar-refractivity contribution >= 4 is 44.3 Å². The van der Waals surface area contributed by atoms with Gasteiger partial charge in [-0.2, -0.15) is 0 Å². The van der Waals surface area contributed by atoms with Crippen LogP contribution in [0.25, 0.3) is 43.1 Å². The third kappa shape index (κ3) is 2.79. The molecule has 0 spiro atoms. The second-order valence-electron chi connectivity index (χ2n) is 6.97. The van der Waals surface area contributed by atoms with E-state index in [1.807, 2.05) is 36.9 Å². The fourth-order valence-electron chi connectivity index (χ4n) is 3.45. The van der Waals surface area contributed by atoms with Gasteiger partial charge >= 0.3 is 0 Å². The van der Waals surface area contributed by atoms with Crippen LogP contribution in [0.15, 0.2) is 48.7 Å². The third-order valence-corrected chi connectivity index (χ3v) is 6.37. The van der Waals surface area contributed by atoms with Crippen LogP contribution in [0.5, 0.6) is 0 Å². The predicted octanol–water partition coefficient (Wildman–Crippen LogP) is 6.18. The van der Waals surface area contributed by atoms with Crippen LogP contribution in [0.2, 0.25) is 5.02 Å². The first kappa shape index (κ1) is 17.3. The van der Waals surface area contributed by atoms with Crippen molar-refractivity contribution in [2.24, 2.45) is 7.05 Å². The van der Waals surface area contributed by atoms with Crippen LogP contribution in [0.3, 0.4) is 0 Å². The molecule has 0 aliphatic heterocycles. The minimum absolute atomic E-state index is 0.739. The Kier molecular flexibility index (Phi) is 3.96. The summed E-state index contributed by atoms with van der Waals surface area (Å²) in [6.07, 6.45) is 1.88. The molecule has 3 heterocycles. The molecule has 0 saturated heterocycles. The van der Waals surface area contributed by atoms with Crippen molar-refractivity contribution < 1.29 is 0 Å². The van der Waals surface area contributed by atoms with Gasteiger partial charge in [-0.1, -0.05) is 23.7 Å². The lowest BCUT2D eigenvalue weighted by atomic mass is 10.0. The van der Waals surface area contributed by atoms with Gasteiger partial charge in [-0.3, -0.25) is 0 Å². The van der Waals surface area contributed by atoms with Crippen LogP contribution < -0.4 is 0 Å². The Hall–Kier alpha value is -2.76. The average Bonchev–Trinajstić information content (AvgIpc) is 3.22. The molecule has 0 aliphatic rings. The molecular formula is C22H17ClN4S. The highest BCUT2D eigenvalue weighted by Gasteiger charge is 2.14. The van der Waals surface area contributed by atoms with Gasteiger partial charge in [-0.05, 0) is 55.3 Å². The highest BCUT2D eigenvalue weighted by atomic mass is 35.5. The molecule has 0 radical (unpaired) electrons. The molecule has 0 aliphatic carbocycles. The number of imidazole rings is 1. The van der Waals surface area contributed by atoms with Crippen LogP contribution in [-0.4, -0.2) is 19.5 Å². The Balaban J connectivity index is 1.69. The van der Waals surface area contributed by atoms with Gasteiger partial charge in [-0.25, -0.2) is 15.0 Å². The number of halogens is 1. The van der Waals surface area contributed by atoms with Crippen LogP contribution in [0, 0.1) is 13.8 Å². The molecule has 5 aromatic rings. The lowest BCUT2D eigenvalue weighted by Gasteiger charge is -2.05. The fraction of sp³-hybridized carbons (Fsp3) is 0.136. The number of nitrogens with zero attached hydrogens (tertiary/aromatic N) is 4. The van der Waals surface area contributed by atoms with E-state index in [0.717, 1.165) is 43.7 Å². The van der Waals surface area contributed by atoms with Crippen molar-refractivity contribution in [1.29, 1.82) is 0 Å². The van der Waals surface area contributed by atoms with Gasteiger partial charge in [0.05, 0.1) is 10.2 Å². The van der Waals surface area contributed by atoms with E-state index < -0.39 is 0 Å². The summed E-state index contributed by atoms with van der Waals surface area (Å²) in [5, 5.41) is 1.69. The van der Waals surface area contributed by atoms with Gasteiger partial charge in [0, 0.05) is 29.4 Å². The Labute approximate surface area is 171 Å². The predicted molar refractivity (Wildman–Crippen MR) is 117 cm³/mol. The average molecular weight is 405 g/mol. The zero-order valence-electron chi connectivity index (χ0n) is 15.7. The lowest BCUT2D eigenvalue weighted by molar-refractivity contribution is 0.874. The molecule has 0 saturated carbocycles. The van der Waals surface area contributed by atoms with Crippen LogP contribution in [0.1, 0.15) is 11.4 Å². The molecule has 5 rings (SSSR count). The number of fused-ring (bicyclic) bond motifs is 2. The van der Waals surface area contributed by atoms with Crippen molar-refractivity contribution in [2.45, 2.75) is 13.8 Å². The normalized spacial score (nSPS) is 11.6. The van der Waals surface area contributed by atoms with E-state index in [2.05, 4.69) is 47.2 Å². The van der Waals surface area contributed by atoms with Crippen molar-refractivity contribution in [3.8, 4) is 21.7 Å². The quantitative estimate of drug-likeness (QED) is 0.352. The van der Waals surface area contributed by atoms with Gasteiger partial charge < -0.3 is 4.57 Å². The number of benzene rings is 2. The maximum absolute atomic E-state index is 6.07. The number of aryl methyl sites for hydroxylation is 3. The van der Waals surface area contributed by atoms with Crippen LogP contribution in [-0.2, 0) is 7.05 Å². The summed E-state index contributed by atoms with van der Waals surface area (Å²) in [5.41, 5.74) is 7.28. The van der Waals surface area contributed by atoms with Crippen molar-refractivity contribution in [2.75, 3.05) is 0 Å². The topological polar surface area (TPSA) is 43.6 Å². The summed E-state index contributed by atoms with van der Waals surface area (Å²) in [7, 11) is 1.98. The van der Waals surface area contributed by atoms with Crippen LogP contribution in [0.4, 0.5) is 0 Å². The Morgan fingerprint density at radius 2 is 1.71 bits per heavy atom. The van der Waals surface area contributed by atoms with Gasteiger partial charge in [0.2, 0.25) is 0 Å². The third-order valence-electron chi connectivity index (χ3n) is 4.97. The smallest absolute Gasteiger partial charge is 0.159 e. The summed E-state index contributed by atoms with van der Waals surface area (Å²) in [6.45, 7) is 4.09. The zero-order chi connectivity index (χ0) is 19.4. The molecule has 0 fully saturated rings. The second-order valence-corrected chi connectivity index (χ2v) is 8.41. The number of rotatable bonds is 2. The number of hydrogen-bond donors (Lipinski definition) is 0. The fourth-order valence-corrected chi connectivity index (χ4v) is 4.64. The van der Waals surface area contributed by atoms with E-state index in [-0.39, 0.29) is 0 Å². The highest BCUT2D eigenvalue weighted by molar-refractivity contribution is 7.22. The number of hydrogen-bond acceptors (Lipinski definition) is 4. The lowest BCUT2D eigenvalue weighted by Crippen LogP contribution is -1.92. The summed E-state index contributed by atoms with van der Waals surface area (Å²) in [4.78, 5) is 14.1. The molecule has 0 N–H and O–H groups in total. The maximum Gasteiger partial charge on any atom is 0.159 e. The molecule has 4 nitrogen and oxygen atoms in total. The Morgan fingerprint density at radius 1 is 0.929 bits per heavy atom. The summed E-state index contributed by atoms with van der Waals surface area (Å²) in [5.74, 6) is 0.949. The highest BCUT2D eigenvalue weighted by Crippen LogP contribution is 2.38. The van der Waals surface area contributed by atoms with Crippen molar-refractivity contribution in [1.82, 2.24) is 19.5 Å². The minimum atomic E-state index is 0.739. The van der Waals surface area contributed by atoms with Crippen LogP contribution >= 0.6 is 22.9 Å². The molecule has 6 heteroatoms. The van der Waals surface area contributed by atoms with E-state index in [4.69, 9.17) is 16.6 Å². The van der Waals surface area contributed by atoms with E-state index in [9.17, 15) is 0 Å². The van der Waals surface area contributed by atoms with Gasteiger partial charge in [-0.15, -0.1) is 11.3 Å². The molecule has 0 amide bonds. The van der Waals surface area contributed by atoms with Gasteiger partial charge in [0.25, 0.3) is 0 Å². The molecule has 2 aromatic carbocycles. The monoisotopic (exact) mass is 404 g/mol. The van der Waals surface area contributed by atoms with Crippen molar-refractivity contribution in [3.63, 3.8) is 0 Å². The Morgan fingerprint density at radius 3 is 2.50 bits per heavy atom. The van der Waals surface area contributed by atoms with E-state index in [0.29, 0.717) is 0 Å². The summed E-state index contributed by atoms with van der Waals surface area (Å²) in [6, 6.07) is 14.4. The first-order valence-electron chi connectivity index (χ1n) is 8.96. The largest absolute Gasteiger partial charge is 0.316 e. The standard InChI is InChI=1S/C22H17ClN4S/c1-12-8-17(14-4-6-16(23)7-5-14)20-18(9-12)26-22(28-20)15-10-19-21(24-11-15)27(3)13(2)25-19/h4-11H,1-3H3. The Bertz CT molecular complexity index is 1350. The van der Waals surface area contributed by atoms with E-state index >= 15 is 0 Å². The molecular weight excluding hydrogens is 388 g/mol. The zero-order valence-corrected chi connectivity index (χ0v) is 17.3. The van der Waals surface area contributed by atoms with E-state index in [1.165, 1.54) is 15.8 Å². The van der Waals surface area contributed by atoms with E-state index in [1.54, 1.807) is 11.3 Å². The first-order valence-corrected chi connectivity index (χ1v) is 10.2. The number of pyridine rings is 1.